The summed E-state index contributed by atoms with van der Waals surface area (Å²) in [6.07, 6.45) is -5.75. The first-order valence-electron chi connectivity index (χ1n) is 8.25. The first kappa shape index (κ1) is 21.7. The van der Waals surface area contributed by atoms with Crippen LogP contribution in [-0.4, -0.2) is 44.7 Å². The SMILES string of the molecule is O=C(c1ccncc1)N1N=C(C(F)(F)C(F)(F)C(F)(F)F)C[C@]1(O)c1ccccc1. The molecule has 12 heteroatoms. The Bertz CT molecular complexity index is 965. The molecule has 0 saturated heterocycles. The largest absolute Gasteiger partial charge is 0.460 e. The minimum Gasteiger partial charge on any atom is -0.365 e. The summed E-state index contributed by atoms with van der Waals surface area (Å²) < 4.78 is 93.3. The molecular formula is C18H12F7N3O2. The van der Waals surface area contributed by atoms with Crippen molar-refractivity contribution >= 4 is 11.6 Å². The minimum atomic E-state index is -6.59. The van der Waals surface area contributed by atoms with Crippen LogP contribution < -0.4 is 0 Å². The van der Waals surface area contributed by atoms with Crippen molar-refractivity contribution in [3.05, 3.63) is 66.0 Å². The average Bonchev–Trinajstić information content (AvgIpc) is 3.07. The van der Waals surface area contributed by atoms with Crippen molar-refractivity contribution in [2.75, 3.05) is 0 Å². The standard InChI is InChI=1S/C18H12F7N3O2/c19-16(20,17(21,22)18(23,24)25)13-10-15(30,12-4-2-1-3-5-12)28(27-13)14(29)11-6-8-26-9-7-11/h1-9,30H,10H2/t15-/m0/s1. The molecule has 0 radical (unpaired) electrons. The van der Waals surface area contributed by atoms with Gasteiger partial charge in [-0.3, -0.25) is 9.78 Å². The number of aliphatic hydroxyl groups is 1. The maximum atomic E-state index is 14.2. The highest BCUT2D eigenvalue weighted by Crippen LogP contribution is 2.50. The molecule has 2 heterocycles. The van der Waals surface area contributed by atoms with Crippen LogP contribution >= 0.6 is 0 Å². The summed E-state index contributed by atoms with van der Waals surface area (Å²) in [5, 5.41) is 14.1. The molecule has 0 unspecified atom stereocenters. The van der Waals surface area contributed by atoms with Gasteiger partial charge in [-0.2, -0.15) is 40.8 Å². The number of alkyl halides is 7. The lowest BCUT2D eigenvalue weighted by molar-refractivity contribution is -0.336. The second-order valence-corrected chi connectivity index (χ2v) is 6.41. The molecule has 5 nitrogen and oxygen atoms in total. The van der Waals surface area contributed by atoms with E-state index in [2.05, 4.69) is 10.1 Å². The van der Waals surface area contributed by atoms with Gasteiger partial charge in [0.25, 0.3) is 5.91 Å². The zero-order valence-electron chi connectivity index (χ0n) is 14.7. The Morgan fingerprint density at radius 1 is 0.967 bits per heavy atom. The number of amides is 1. The normalized spacial score (nSPS) is 20.3. The summed E-state index contributed by atoms with van der Waals surface area (Å²) in [6, 6.07) is 8.81. The van der Waals surface area contributed by atoms with Crippen LogP contribution in [0.2, 0.25) is 0 Å². The third-order valence-electron chi connectivity index (χ3n) is 4.45. The highest BCUT2D eigenvalue weighted by atomic mass is 19.4. The van der Waals surface area contributed by atoms with Crippen molar-refractivity contribution in [3.63, 3.8) is 0 Å². The fourth-order valence-electron chi connectivity index (χ4n) is 2.84. The summed E-state index contributed by atoms with van der Waals surface area (Å²) >= 11 is 0. The molecule has 0 fully saturated rings. The number of rotatable bonds is 4. The van der Waals surface area contributed by atoms with Crippen molar-refractivity contribution in [1.82, 2.24) is 9.99 Å². The number of carbonyl (C=O) groups excluding carboxylic acids is 1. The quantitative estimate of drug-likeness (QED) is 0.740. The molecule has 30 heavy (non-hydrogen) atoms. The monoisotopic (exact) mass is 435 g/mol. The predicted octanol–water partition coefficient (Wildman–Crippen LogP) is 3.96. The van der Waals surface area contributed by atoms with Gasteiger partial charge < -0.3 is 5.11 Å². The first-order valence-corrected chi connectivity index (χ1v) is 8.25. The molecule has 1 N–H and O–H groups in total. The van der Waals surface area contributed by atoms with Crippen molar-refractivity contribution in [3.8, 4) is 0 Å². The second kappa shape index (κ2) is 7.04. The molecule has 0 aliphatic carbocycles. The smallest absolute Gasteiger partial charge is 0.365 e. The summed E-state index contributed by atoms with van der Waals surface area (Å²) in [7, 11) is 0. The van der Waals surface area contributed by atoms with Crippen LogP contribution in [0.3, 0.4) is 0 Å². The van der Waals surface area contributed by atoms with Crippen LogP contribution in [0, 0.1) is 0 Å². The number of pyridine rings is 1. The Morgan fingerprint density at radius 2 is 1.53 bits per heavy atom. The van der Waals surface area contributed by atoms with Gasteiger partial charge in [-0.15, -0.1) is 0 Å². The first-order chi connectivity index (χ1) is 13.8. The van der Waals surface area contributed by atoms with Gasteiger partial charge in [0.15, 0.2) is 5.72 Å². The van der Waals surface area contributed by atoms with Crippen LogP contribution in [0.1, 0.15) is 22.3 Å². The molecule has 1 aliphatic heterocycles. The Balaban J connectivity index is 2.12. The van der Waals surface area contributed by atoms with Crippen LogP contribution in [0.4, 0.5) is 30.7 Å². The van der Waals surface area contributed by atoms with E-state index in [1.807, 2.05) is 0 Å². The van der Waals surface area contributed by atoms with E-state index >= 15 is 0 Å². The lowest BCUT2D eigenvalue weighted by Crippen LogP contribution is -2.56. The van der Waals surface area contributed by atoms with Crippen LogP contribution in [0.5, 0.6) is 0 Å². The van der Waals surface area contributed by atoms with Gasteiger partial charge in [0.05, 0.1) is 0 Å². The second-order valence-electron chi connectivity index (χ2n) is 6.41. The van der Waals surface area contributed by atoms with Gasteiger partial charge in [-0.25, -0.2) is 0 Å². The maximum absolute atomic E-state index is 14.2. The summed E-state index contributed by atoms with van der Waals surface area (Å²) in [4.78, 5) is 16.4. The van der Waals surface area contributed by atoms with E-state index in [9.17, 15) is 40.6 Å². The van der Waals surface area contributed by atoms with Crippen molar-refractivity contribution < 1.29 is 40.6 Å². The Hall–Kier alpha value is -3.02. The highest BCUT2D eigenvalue weighted by molar-refractivity contribution is 6.00. The number of benzene rings is 1. The molecule has 1 aromatic carbocycles. The van der Waals surface area contributed by atoms with E-state index in [1.54, 1.807) is 0 Å². The number of carbonyl (C=O) groups is 1. The van der Waals surface area contributed by atoms with Gasteiger partial charge in [0, 0.05) is 29.9 Å². The zero-order chi connectivity index (χ0) is 22.4. The van der Waals surface area contributed by atoms with Crippen LogP contribution in [0.15, 0.2) is 60.0 Å². The number of hydrogen-bond acceptors (Lipinski definition) is 4. The molecular weight excluding hydrogens is 423 g/mol. The summed E-state index contributed by atoms with van der Waals surface area (Å²) in [6.45, 7) is 0. The van der Waals surface area contributed by atoms with Crippen molar-refractivity contribution in [2.45, 2.75) is 30.2 Å². The van der Waals surface area contributed by atoms with Crippen LogP contribution in [-0.2, 0) is 5.72 Å². The number of halogens is 7. The fraction of sp³-hybridized carbons (Fsp3) is 0.278. The Kier molecular flexibility index (Phi) is 5.09. The molecule has 1 amide bonds. The molecule has 1 atom stereocenters. The Labute approximate surface area is 164 Å². The number of aromatic nitrogens is 1. The molecule has 0 bridgehead atoms. The van der Waals surface area contributed by atoms with Gasteiger partial charge >= 0.3 is 18.0 Å². The van der Waals surface area contributed by atoms with E-state index in [1.165, 1.54) is 30.3 Å². The van der Waals surface area contributed by atoms with Gasteiger partial charge in [0.1, 0.15) is 5.71 Å². The number of hydrogen-bond donors (Lipinski definition) is 1. The van der Waals surface area contributed by atoms with Gasteiger partial charge in [-0.05, 0) is 12.1 Å². The Morgan fingerprint density at radius 3 is 2.07 bits per heavy atom. The number of hydrazone groups is 1. The summed E-state index contributed by atoms with van der Waals surface area (Å²) in [5.41, 5.74) is -5.13. The molecule has 1 aromatic heterocycles. The van der Waals surface area contributed by atoms with E-state index in [0.29, 0.717) is 0 Å². The molecule has 3 rings (SSSR count). The van der Waals surface area contributed by atoms with E-state index < -0.39 is 41.8 Å². The van der Waals surface area contributed by atoms with E-state index in [-0.39, 0.29) is 16.1 Å². The van der Waals surface area contributed by atoms with E-state index in [0.717, 1.165) is 24.5 Å². The summed E-state index contributed by atoms with van der Waals surface area (Å²) in [5.74, 6) is -13.5. The van der Waals surface area contributed by atoms with Crippen LogP contribution in [0.25, 0.3) is 0 Å². The fourth-order valence-corrected chi connectivity index (χ4v) is 2.84. The zero-order valence-corrected chi connectivity index (χ0v) is 14.7. The predicted molar refractivity (Wildman–Crippen MR) is 88.7 cm³/mol. The molecule has 0 saturated carbocycles. The maximum Gasteiger partial charge on any atom is 0.460 e. The minimum absolute atomic E-state index is 0.0768. The van der Waals surface area contributed by atoms with Crippen molar-refractivity contribution in [2.24, 2.45) is 5.10 Å². The molecule has 2 aromatic rings. The van der Waals surface area contributed by atoms with Gasteiger partial charge in [0.2, 0.25) is 0 Å². The third-order valence-corrected chi connectivity index (χ3v) is 4.45. The molecule has 160 valence electrons. The van der Waals surface area contributed by atoms with Gasteiger partial charge in [-0.1, -0.05) is 30.3 Å². The lowest BCUT2D eigenvalue weighted by Gasteiger charge is -2.32. The third kappa shape index (κ3) is 3.30. The molecule has 0 spiro atoms. The average molecular weight is 435 g/mol. The number of nitrogens with zero attached hydrogens (tertiary/aromatic N) is 3. The van der Waals surface area contributed by atoms with Crippen molar-refractivity contribution in [1.29, 1.82) is 0 Å². The van der Waals surface area contributed by atoms with E-state index in [4.69, 9.17) is 0 Å². The highest BCUT2D eigenvalue weighted by Gasteiger charge is 2.76. The molecule has 1 aliphatic rings. The topological polar surface area (TPSA) is 65.8 Å². The lowest BCUT2D eigenvalue weighted by atomic mass is 9.93.